The van der Waals surface area contributed by atoms with E-state index in [9.17, 15) is 29.3 Å². The monoisotopic (exact) mass is 821 g/mol. The minimum atomic E-state index is -4.40. The van der Waals surface area contributed by atoms with E-state index in [1.165, 1.54) is 77.0 Å². The van der Waals surface area contributed by atoms with Gasteiger partial charge in [0.1, 0.15) is 19.8 Å². The Bertz CT molecular complexity index is 1000. The normalized spacial score (nSPS) is 14.8. The first-order chi connectivity index (χ1) is 26.8. The number of hydrogen-bond donors (Lipinski definition) is 3. The van der Waals surface area contributed by atoms with Crippen LogP contribution in [-0.2, 0) is 32.7 Å². The molecule has 0 fully saturated rings. The molecule has 0 aromatic carbocycles. The lowest BCUT2D eigenvalue weighted by Crippen LogP contribution is -2.37. The molecule has 0 aliphatic heterocycles. The number of carbonyl (C=O) groups excluding carboxylic acids is 2. The molecule has 0 aliphatic carbocycles. The number of hydrogen-bond acceptors (Lipinski definition) is 9. The maximum atomic E-state index is 12.7. The Morgan fingerprint density at radius 3 is 1.62 bits per heavy atom. The fourth-order valence-corrected chi connectivity index (χ4v) is 7.01. The van der Waals surface area contributed by atoms with Crippen LogP contribution in [0.4, 0.5) is 0 Å². The van der Waals surface area contributed by atoms with E-state index in [4.69, 9.17) is 18.5 Å². The fourth-order valence-electron chi connectivity index (χ4n) is 6.27. The summed E-state index contributed by atoms with van der Waals surface area (Å²) in [6, 6.07) is 0. The summed E-state index contributed by atoms with van der Waals surface area (Å²) in [5.41, 5.74) is 0. The van der Waals surface area contributed by atoms with Gasteiger partial charge < -0.3 is 29.1 Å². The number of ether oxygens (including phenoxy) is 2. The van der Waals surface area contributed by atoms with Crippen molar-refractivity contribution in [1.29, 1.82) is 0 Å². The minimum absolute atomic E-state index is 0.0126. The SMILES string of the molecule is CCCCCCCCCCCCCCCCCC(=O)OCC(COP(=O)(O)OCC[N+](C)(C)C)OC(=O)CCCCCCC/C=C\CC(O)C(O)CCCCC. The zero-order valence-electron chi connectivity index (χ0n) is 36.6. The lowest BCUT2D eigenvalue weighted by Gasteiger charge is -2.24. The number of quaternary nitrogens is 1. The number of allylic oxidation sites excluding steroid dienone is 1. The zero-order chi connectivity index (χ0) is 41.8. The molecule has 4 unspecified atom stereocenters. The highest BCUT2D eigenvalue weighted by atomic mass is 31.2. The number of aliphatic hydroxyl groups excluding tert-OH is 2. The Morgan fingerprint density at radius 2 is 1.09 bits per heavy atom. The van der Waals surface area contributed by atoms with E-state index in [-0.39, 0.29) is 26.1 Å². The molecule has 0 aliphatic rings. The fraction of sp³-hybridized carbons (Fsp3) is 0.909. The van der Waals surface area contributed by atoms with Gasteiger partial charge in [-0.3, -0.25) is 18.6 Å². The summed E-state index contributed by atoms with van der Waals surface area (Å²) in [5, 5.41) is 20.1. The van der Waals surface area contributed by atoms with E-state index in [1.807, 2.05) is 27.2 Å². The first kappa shape index (κ1) is 54.7. The molecular weight excluding hydrogens is 733 g/mol. The van der Waals surface area contributed by atoms with E-state index in [1.54, 1.807) is 0 Å². The van der Waals surface area contributed by atoms with Crippen LogP contribution in [0.5, 0.6) is 0 Å². The predicted molar refractivity (Wildman–Crippen MR) is 227 cm³/mol. The van der Waals surface area contributed by atoms with Crippen LogP contribution < -0.4 is 0 Å². The third kappa shape index (κ3) is 38.2. The lowest BCUT2D eigenvalue weighted by molar-refractivity contribution is -0.870. The molecule has 11 nitrogen and oxygen atoms in total. The number of likely N-dealkylation sites (N-methyl/N-ethyl adjacent to an activating group) is 1. The van der Waals surface area contributed by atoms with Gasteiger partial charge in [0.15, 0.2) is 6.10 Å². The average molecular weight is 821 g/mol. The van der Waals surface area contributed by atoms with Crippen LogP contribution in [0.25, 0.3) is 0 Å². The van der Waals surface area contributed by atoms with Crippen molar-refractivity contribution >= 4 is 19.8 Å². The Morgan fingerprint density at radius 1 is 0.607 bits per heavy atom. The molecular formula is C44H87NO10P+. The summed E-state index contributed by atoms with van der Waals surface area (Å²) < 4.78 is 34.2. The van der Waals surface area contributed by atoms with E-state index >= 15 is 0 Å². The Labute approximate surface area is 342 Å². The van der Waals surface area contributed by atoms with Crippen molar-refractivity contribution in [3.8, 4) is 0 Å². The highest BCUT2D eigenvalue weighted by Gasteiger charge is 2.27. The maximum Gasteiger partial charge on any atom is 0.472 e. The summed E-state index contributed by atoms with van der Waals surface area (Å²) in [7, 11) is 1.41. The number of unbranched alkanes of at least 4 members (excludes halogenated alkanes) is 21. The molecule has 332 valence electrons. The smallest absolute Gasteiger partial charge is 0.462 e. The van der Waals surface area contributed by atoms with E-state index in [0.717, 1.165) is 70.6 Å². The number of aliphatic hydroxyl groups is 2. The van der Waals surface area contributed by atoms with Crippen LogP contribution in [0.1, 0.15) is 194 Å². The van der Waals surface area contributed by atoms with Crippen molar-refractivity contribution in [2.45, 2.75) is 212 Å². The van der Waals surface area contributed by atoms with Gasteiger partial charge in [0.25, 0.3) is 0 Å². The van der Waals surface area contributed by atoms with Crippen LogP contribution in [0.15, 0.2) is 12.2 Å². The van der Waals surface area contributed by atoms with Gasteiger partial charge in [-0.05, 0) is 38.5 Å². The van der Waals surface area contributed by atoms with Gasteiger partial charge in [0.05, 0.1) is 40.0 Å². The molecule has 0 aromatic rings. The molecule has 0 rings (SSSR count). The molecule has 0 bridgehead atoms. The van der Waals surface area contributed by atoms with Crippen molar-refractivity contribution in [2.24, 2.45) is 0 Å². The van der Waals surface area contributed by atoms with Crippen LogP contribution >= 0.6 is 7.82 Å². The number of phosphoric acid groups is 1. The highest BCUT2D eigenvalue weighted by Crippen LogP contribution is 2.43. The number of phosphoric ester groups is 1. The Kier molecular flexibility index (Phi) is 35.9. The molecule has 0 heterocycles. The highest BCUT2D eigenvalue weighted by molar-refractivity contribution is 7.47. The second-order valence-electron chi connectivity index (χ2n) is 16.8. The summed E-state index contributed by atoms with van der Waals surface area (Å²) in [4.78, 5) is 35.4. The first-order valence-corrected chi connectivity index (χ1v) is 24.1. The molecule has 56 heavy (non-hydrogen) atoms. The van der Waals surface area contributed by atoms with Crippen molar-refractivity contribution in [3.63, 3.8) is 0 Å². The molecule has 0 amide bonds. The number of carbonyl (C=O) groups is 2. The van der Waals surface area contributed by atoms with Gasteiger partial charge in [0.2, 0.25) is 0 Å². The predicted octanol–water partition coefficient (Wildman–Crippen LogP) is 10.5. The number of esters is 2. The van der Waals surface area contributed by atoms with Gasteiger partial charge in [-0.15, -0.1) is 0 Å². The van der Waals surface area contributed by atoms with Gasteiger partial charge >= 0.3 is 19.8 Å². The van der Waals surface area contributed by atoms with E-state index in [2.05, 4.69) is 19.9 Å². The Balaban J connectivity index is 4.42. The van der Waals surface area contributed by atoms with Gasteiger partial charge in [-0.25, -0.2) is 4.57 Å². The standard InChI is InChI=1S/C44H86NO10P/c1-6-8-10-11-12-13-14-15-16-17-18-19-23-26-30-34-43(48)52-38-40(39-54-56(50,51)53-37-36-45(3,4)5)55-44(49)35-31-27-24-21-20-22-25-29-33-42(47)41(46)32-28-9-7-2/h25,29,40-42,46-47H,6-24,26-28,30-39H2,1-5H3/p+1/b29-25-. The lowest BCUT2D eigenvalue weighted by atomic mass is 10.0. The third-order valence-corrected chi connectivity index (χ3v) is 11.0. The van der Waals surface area contributed by atoms with Crippen LogP contribution in [0.2, 0.25) is 0 Å². The topological polar surface area (TPSA) is 149 Å². The summed E-state index contributed by atoms with van der Waals surface area (Å²) in [6.07, 6.45) is 30.2. The minimum Gasteiger partial charge on any atom is -0.462 e. The molecule has 0 saturated carbocycles. The van der Waals surface area contributed by atoms with Crippen molar-refractivity contribution in [3.05, 3.63) is 12.2 Å². The maximum absolute atomic E-state index is 12.7. The quantitative estimate of drug-likeness (QED) is 0.0179. The van der Waals surface area contributed by atoms with Crippen LogP contribution in [-0.4, -0.2) is 97.3 Å². The van der Waals surface area contributed by atoms with E-state index in [0.29, 0.717) is 30.3 Å². The van der Waals surface area contributed by atoms with E-state index < -0.39 is 44.7 Å². The second-order valence-corrected chi connectivity index (χ2v) is 18.2. The van der Waals surface area contributed by atoms with Gasteiger partial charge in [0, 0.05) is 12.8 Å². The van der Waals surface area contributed by atoms with Crippen molar-refractivity contribution in [1.82, 2.24) is 0 Å². The van der Waals surface area contributed by atoms with Crippen molar-refractivity contribution in [2.75, 3.05) is 47.5 Å². The molecule has 4 atom stereocenters. The summed E-state index contributed by atoms with van der Waals surface area (Å²) in [5.74, 6) is -0.868. The zero-order valence-corrected chi connectivity index (χ0v) is 37.5. The van der Waals surface area contributed by atoms with Gasteiger partial charge in [-0.2, -0.15) is 0 Å². The molecule has 3 N–H and O–H groups in total. The third-order valence-electron chi connectivity index (χ3n) is 10.00. The number of nitrogens with zero attached hydrogens (tertiary/aromatic N) is 1. The van der Waals surface area contributed by atoms with Crippen molar-refractivity contribution < 1.29 is 52.3 Å². The molecule has 0 saturated heterocycles. The number of rotatable bonds is 41. The molecule has 0 aromatic heterocycles. The summed E-state index contributed by atoms with van der Waals surface area (Å²) in [6.45, 7) is 4.19. The summed E-state index contributed by atoms with van der Waals surface area (Å²) >= 11 is 0. The average Bonchev–Trinajstić information content (AvgIpc) is 3.14. The first-order valence-electron chi connectivity index (χ1n) is 22.6. The molecule has 0 radical (unpaired) electrons. The molecule has 0 spiro atoms. The van der Waals surface area contributed by atoms with Crippen LogP contribution in [0, 0.1) is 0 Å². The Hall–Kier alpha value is -1.33. The van der Waals surface area contributed by atoms with Crippen LogP contribution in [0.3, 0.4) is 0 Å². The second kappa shape index (κ2) is 36.7. The largest absolute Gasteiger partial charge is 0.472 e. The molecule has 12 heteroatoms. The van der Waals surface area contributed by atoms with Gasteiger partial charge in [-0.1, -0.05) is 154 Å².